The molecule has 320 valence electrons. The molecule has 0 saturated heterocycles. The summed E-state index contributed by atoms with van der Waals surface area (Å²) >= 11 is 0. The van der Waals surface area contributed by atoms with Crippen molar-refractivity contribution in [3.05, 3.63) is 282 Å². The van der Waals surface area contributed by atoms with Crippen LogP contribution in [0.4, 0.5) is 17.1 Å². The highest BCUT2D eigenvalue weighted by atomic mass is 15.1. The third kappa shape index (κ3) is 6.70. The Kier molecular flexibility index (Phi) is 9.61. The molecule has 2 aliphatic carbocycles. The second kappa shape index (κ2) is 16.4. The van der Waals surface area contributed by atoms with E-state index < -0.39 is 0 Å². The average Bonchev–Trinajstić information content (AvgIpc) is 3.93. The molecule has 0 aliphatic heterocycles. The smallest absolute Gasteiger partial charge is 0.0465 e. The van der Waals surface area contributed by atoms with Crippen LogP contribution in [0.1, 0.15) is 33.4 Å². The van der Waals surface area contributed by atoms with Crippen molar-refractivity contribution in [2.75, 3.05) is 4.90 Å². The quantitative estimate of drug-likeness (QED) is 0.109. The lowest BCUT2D eigenvalue weighted by molar-refractivity contribution is 0.563. The van der Waals surface area contributed by atoms with Crippen LogP contribution in [0, 0.1) is 0 Å². The largest absolute Gasteiger partial charge is 0.310 e. The van der Waals surface area contributed by atoms with Gasteiger partial charge in [-0.15, -0.1) is 0 Å². The SMILES string of the molecule is C(=C\c1ccc2c(c1)C1(Cc3ccccc3C1)c1cc(N(c3ccccc3)c3ccccc3)ccc1-2)/c1ccc(-c2ccc3c(-c4ccccc4)c(-c4ccccc4)c4ccccc4c3c2)cc1. The lowest BCUT2D eigenvalue weighted by atomic mass is 9.75. The Labute approximate surface area is 398 Å². The number of nitrogens with zero attached hydrogens (tertiary/aromatic N) is 1. The van der Waals surface area contributed by atoms with Crippen molar-refractivity contribution >= 4 is 50.8 Å². The molecule has 11 aromatic carbocycles. The fourth-order valence-corrected chi connectivity index (χ4v) is 11.5. The van der Waals surface area contributed by atoms with Crippen molar-refractivity contribution in [2.24, 2.45) is 0 Å². The lowest BCUT2D eigenvalue weighted by Gasteiger charge is -2.30. The molecule has 0 aromatic heterocycles. The van der Waals surface area contributed by atoms with E-state index in [-0.39, 0.29) is 5.41 Å². The number of anilines is 3. The van der Waals surface area contributed by atoms with Gasteiger partial charge in [-0.2, -0.15) is 0 Å². The molecule has 0 saturated carbocycles. The molecule has 0 radical (unpaired) electrons. The van der Waals surface area contributed by atoms with Gasteiger partial charge in [0.25, 0.3) is 0 Å². The zero-order valence-electron chi connectivity index (χ0n) is 37.7. The molecule has 0 atom stereocenters. The van der Waals surface area contributed by atoms with Crippen LogP contribution in [0.5, 0.6) is 0 Å². The molecule has 0 N–H and O–H groups in total. The molecule has 68 heavy (non-hydrogen) atoms. The zero-order valence-corrected chi connectivity index (χ0v) is 37.7. The third-order valence-electron chi connectivity index (χ3n) is 14.6. The molecule has 0 unspecified atom stereocenters. The summed E-state index contributed by atoms with van der Waals surface area (Å²) in [5.41, 5.74) is 21.6. The Bertz CT molecular complexity index is 3640. The van der Waals surface area contributed by atoms with Crippen molar-refractivity contribution in [3.8, 4) is 44.5 Å². The summed E-state index contributed by atoms with van der Waals surface area (Å²) in [6.07, 6.45) is 6.54. The van der Waals surface area contributed by atoms with E-state index >= 15 is 0 Å². The highest BCUT2D eigenvalue weighted by Gasteiger charge is 2.47. The molecule has 0 heterocycles. The van der Waals surface area contributed by atoms with Gasteiger partial charge in [-0.1, -0.05) is 218 Å². The van der Waals surface area contributed by atoms with E-state index in [4.69, 9.17) is 0 Å². The first-order valence-corrected chi connectivity index (χ1v) is 23.8. The number of benzene rings is 11. The molecule has 11 aromatic rings. The Balaban J connectivity index is 0.847. The Hall–Kier alpha value is -8.52. The Morgan fingerprint density at radius 2 is 0.779 bits per heavy atom. The number of hydrogen-bond donors (Lipinski definition) is 0. The minimum absolute atomic E-state index is 0.148. The van der Waals surface area contributed by atoms with Crippen molar-refractivity contribution in [3.63, 3.8) is 0 Å². The van der Waals surface area contributed by atoms with Crippen LogP contribution in [0.3, 0.4) is 0 Å². The number of rotatable bonds is 8. The van der Waals surface area contributed by atoms with E-state index in [1.165, 1.54) is 105 Å². The van der Waals surface area contributed by atoms with Crippen LogP contribution in [0.2, 0.25) is 0 Å². The third-order valence-corrected chi connectivity index (χ3v) is 14.6. The fraction of sp³-hybridized carbons (Fsp3) is 0.0448. The van der Waals surface area contributed by atoms with Gasteiger partial charge in [-0.05, 0) is 155 Å². The van der Waals surface area contributed by atoms with Gasteiger partial charge in [0.1, 0.15) is 0 Å². The number of fused-ring (bicyclic) bond motifs is 9. The van der Waals surface area contributed by atoms with Crippen molar-refractivity contribution < 1.29 is 0 Å². The van der Waals surface area contributed by atoms with E-state index in [2.05, 4.69) is 266 Å². The van der Waals surface area contributed by atoms with Crippen LogP contribution < -0.4 is 4.90 Å². The normalized spacial score (nSPS) is 13.2. The predicted molar refractivity (Wildman–Crippen MR) is 288 cm³/mol. The maximum Gasteiger partial charge on any atom is 0.0465 e. The molecule has 1 spiro atoms. The second-order valence-corrected chi connectivity index (χ2v) is 18.5. The average molecular weight is 866 g/mol. The first kappa shape index (κ1) is 39.8. The molecule has 2 aliphatic rings. The molecule has 0 fully saturated rings. The van der Waals surface area contributed by atoms with Gasteiger partial charge in [-0.25, -0.2) is 0 Å². The summed E-state index contributed by atoms with van der Waals surface area (Å²) in [5.74, 6) is 0. The van der Waals surface area contributed by atoms with Crippen molar-refractivity contribution in [1.29, 1.82) is 0 Å². The van der Waals surface area contributed by atoms with Gasteiger partial charge in [0.15, 0.2) is 0 Å². The summed E-state index contributed by atoms with van der Waals surface area (Å²) in [6, 6.07) is 91.6. The van der Waals surface area contributed by atoms with Gasteiger partial charge < -0.3 is 4.90 Å². The van der Waals surface area contributed by atoms with E-state index in [0.29, 0.717) is 0 Å². The lowest BCUT2D eigenvalue weighted by Crippen LogP contribution is -2.26. The summed E-state index contributed by atoms with van der Waals surface area (Å²) < 4.78 is 0. The Morgan fingerprint density at radius 1 is 0.309 bits per heavy atom. The van der Waals surface area contributed by atoms with Crippen LogP contribution in [-0.4, -0.2) is 0 Å². The van der Waals surface area contributed by atoms with Crippen LogP contribution in [0.15, 0.2) is 249 Å². The second-order valence-electron chi connectivity index (χ2n) is 18.5. The summed E-state index contributed by atoms with van der Waals surface area (Å²) in [6.45, 7) is 0. The molecular weight excluding hydrogens is 819 g/mol. The fourth-order valence-electron chi connectivity index (χ4n) is 11.5. The van der Waals surface area contributed by atoms with Gasteiger partial charge in [0.2, 0.25) is 0 Å². The standard InChI is InChI=1S/C67H47N/c1-5-17-49(18-6-1)65-60-28-16-15-27-57(60)62-42-51(36-39-61(62)66(65)50-19-7-2-8-20-50)48-34-31-46(32-35-48)29-30-47-33-38-58-59-40-37-56(68(54-23-9-3-10-24-54)55-25-11-4-12-26-55)43-64(59)67(63(58)41-47)44-52-21-13-14-22-53(52)45-67/h1-43H,44-45H2/b30-29+. The summed E-state index contributed by atoms with van der Waals surface area (Å²) in [5, 5.41) is 5.07. The maximum atomic E-state index is 2.49. The zero-order chi connectivity index (χ0) is 45.0. The maximum absolute atomic E-state index is 2.49. The van der Waals surface area contributed by atoms with E-state index in [1.54, 1.807) is 0 Å². The molecule has 1 heteroatoms. The van der Waals surface area contributed by atoms with Crippen LogP contribution in [-0.2, 0) is 18.3 Å². The van der Waals surface area contributed by atoms with Crippen LogP contribution in [0.25, 0.3) is 78.2 Å². The highest BCUT2D eigenvalue weighted by Crippen LogP contribution is 2.57. The minimum atomic E-state index is -0.148. The van der Waals surface area contributed by atoms with Gasteiger partial charge in [-0.3, -0.25) is 0 Å². The monoisotopic (exact) mass is 865 g/mol. The first-order valence-electron chi connectivity index (χ1n) is 23.8. The molecule has 0 bridgehead atoms. The van der Waals surface area contributed by atoms with Crippen molar-refractivity contribution in [2.45, 2.75) is 18.3 Å². The number of hydrogen-bond acceptors (Lipinski definition) is 1. The predicted octanol–water partition coefficient (Wildman–Crippen LogP) is 17.7. The first-order chi connectivity index (χ1) is 33.7. The Morgan fingerprint density at radius 3 is 1.40 bits per heavy atom. The van der Waals surface area contributed by atoms with Gasteiger partial charge in [0, 0.05) is 22.5 Å². The minimum Gasteiger partial charge on any atom is -0.310 e. The summed E-state index contributed by atoms with van der Waals surface area (Å²) in [4.78, 5) is 2.39. The van der Waals surface area contributed by atoms with Gasteiger partial charge >= 0.3 is 0 Å². The van der Waals surface area contributed by atoms with E-state index in [0.717, 1.165) is 24.2 Å². The highest BCUT2D eigenvalue weighted by molar-refractivity contribution is 6.22. The molecule has 13 rings (SSSR count). The molecule has 0 amide bonds. The van der Waals surface area contributed by atoms with E-state index in [9.17, 15) is 0 Å². The van der Waals surface area contributed by atoms with Crippen molar-refractivity contribution in [1.82, 2.24) is 0 Å². The molecule has 1 nitrogen and oxygen atoms in total. The topological polar surface area (TPSA) is 3.24 Å². The van der Waals surface area contributed by atoms with Gasteiger partial charge in [0.05, 0.1) is 0 Å². The molecular formula is C67H47N. The number of para-hydroxylation sites is 2. The van der Waals surface area contributed by atoms with Crippen LogP contribution >= 0.6 is 0 Å². The van der Waals surface area contributed by atoms with E-state index in [1.807, 2.05) is 0 Å². The summed E-state index contributed by atoms with van der Waals surface area (Å²) in [7, 11) is 0.